The summed E-state index contributed by atoms with van der Waals surface area (Å²) in [6.45, 7) is 12.6. The van der Waals surface area contributed by atoms with Crippen LogP contribution in [0.15, 0.2) is 11.6 Å². The molecule has 0 spiro atoms. The van der Waals surface area contributed by atoms with Gasteiger partial charge in [0.2, 0.25) is 0 Å². The van der Waals surface area contributed by atoms with E-state index in [1.807, 2.05) is 20.8 Å². The molecule has 1 aliphatic rings. The average molecular weight is 310 g/mol. The molecule has 0 fully saturated rings. The van der Waals surface area contributed by atoms with Crippen LogP contribution in [0.2, 0.25) is 0 Å². The van der Waals surface area contributed by atoms with Crippen molar-refractivity contribution >= 4 is 6.09 Å². The summed E-state index contributed by atoms with van der Waals surface area (Å²) in [7, 11) is 0. The van der Waals surface area contributed by atoms with Gasteiger partial charge in [-0.15, -0.1) is 0 Å². The molecule has 0 aliphatic carbocycles. The molecule has 0 atom stereocenters. The van der Waals surface area contributed by atoms with Crippen LogP contribution in [0.25, 0.3) is 0 Å². The van der Waals surface area contributed by atoms with Crippen LogP contribution in [0, 0.1) is 0 Å². The Morgan fingerprint density at radius 1 is 1.32 bits per heavy atom. The summed E-state index contributed by atoms with van der Waals surface area (Å²) < 4.78 is 5.42. The summed E-state index contributed by atoms with van der Waals surface area (Å²) in [4.78, 5) is 13.8. The molecule has 0 radical (unpaired) electrons. The Balaban J connectivity index is 2.39. The van der Waals surface area contributed by atoms with Crippen molar-refractivity contribution in [2.45, 2.75) is 78.4 Å². The molecule has 1 amide bonds. The summed E-state index contributed by atoms with van der Waals surface area (Å²) >= 11 is 0. The van der Waals surface area contributed by atoms with E-state index < -0.39 is 5.60 Å². The van der Waals surface area contributed by atoms with Crippen LogP contribution in [0.1, 0.15) is 66.7 Å². The maximum absolute atomic E-state index is 12.0. The van der Waals surface area contributed by atoms with Crippen molar-refractivity contribution < 1.29 is 9.53 Å². The lowest BCUT2D eigenvalue weighted by atomic mass is 10.0. The number of carbonyl (C=O) groups excluding carboxylic acids is 1. The molecule has 4 nitrogen and oxygen atoms in total. The molecular formula is C18H34N2O2. The Kier molecular flexibility index (Phi) is 7.94. The third-order valence-corrected chi connectivity index (χ3v) is 3.85. The molecular weight excluding hydrogens is 276 g/mol. The number of ether oxygens (including phenoxy) is 1. The minimum absolute atomic E-state index is 0.203. The average Bonchev–Trinajstić information content (AvgIpc) is 2.44. The normalized spacial score (nSPS) is 15.9. The van der Waals surface area contributed by atoms with Crippen molar-refractivity contribution in [2.24, 2.45) is 0 Å². The fourth-order valence-corrected chi connectivity index (χ4v) is 2.68. The van der Waals surface area contributed by atoms with Gasteiger partial charge in [-0.25, -0.2) is 4.79 Å². The Bertz CT molecular complexity index is 366. The summed E-state index contributed by atoms with van der Waals surface area (Å²) in [5.41, 5.74) is 0.993. The van der Waals surface area contributed by atoms with E-state index in [0.29, 0.717) is 12.6 Å². The molecule has 0 aromatic rings. The van der Waals surface area contributed by atoms with Gasteiger partial charge in [0.15, 0.2) is 0 Å². The summed E-state index contributed by atoms with van der Waals surface area (Å²) in [6.07, 6.45) is 7.85. The van der Waals surface area contributed by atoms with Gasteiger partial charge < -0.3 is 15.0 Å². The lowest BCUT2D eigenvalue weighted by molar-refractivity contribution is 0.0265. The highest BCUT2D eigenvalue weighted by Crippen LogP contribution is 2.15. The summed E-state index contributed by atoms with van der Waals surface area (Å²) in [5.74, 6) is 0. The van der Waals surface area contributed by atoms with Gasteiger partial charge in [0.1, 0.15) is 5.60 Å². The van der Waals surface area contributed by atoms with Crippen LogP contribution >= 0.6 is 0 Å². The van der Waals surface area contributed by atoms with Gasteiger partial charge in [-0.3, -0.25) is 0 Å². The topological polar surface area (TPSA) is 41.6 Å². The number of amides is 1. The monoisotopic (exact) mass is 310 g/mol. The van der Waals surface area contributed by atoms with Crippen molar-refractivity contribution in [1.29, 1.82) is 0 Å². The molecule has 0 bridgehead atoms. The van der Waals surface area contributed by atoms with Gasteiger partial charge in [0, 0.05) is 25.7 Å². The van der Waals surface area contributed by atoms with E-state index in [1.165, 1.54) is 31.3 Å². The fraction of sp³-hybridized carbons (Fsp3) is 0.833. The van der Waals surface area contributed by atoms with E-state index in [0.717, 1.165) is 19.5 Å². The second-order valence-electron chi connectivity index (χ2n) is 7.19. The van der Waals surface area contributed by atoms with Gasteiger partial charge in [-0.2, -0.15) is 0 Å². The van der Waals surface area contributed by atoms with Gasteiger partial charge in [-0.05, 0) is 40.0 Å². The van der Waals surface area contributed by atoms with E-state index in [9.17, 15) is 4.79 Å². The largest absolute Gasteiger partial charge is 0.444 e. The SMILES string of the molecule is CCCC(CCC)NCC1=CCN(C(=O)OC(C)(C)C)CC1. The highest BCUT2D eigenvalue weighted by Gasteiger charge is 2.23. The van der Waals surface area contributed by atoms with E-state index in [2.05, 4.69) is 25.2 Å². The Hall–Kier alpha value is -1.03. The predicted octanol–water partition coefficient (Wildman–Crippen LogP) is 4.11. The lowest BCUT2D eigenvalue weighted by Crippen LogP contribution is -2.40. The molecule has 0 aromatic carbocycles. The van der Waals surface area contributed by atoms with Crippen LogP contribution in [-0.4, -0.2) is 42.3 Å². The number of nitrogens with zero attached hydrogens (tertiary/aromatic N) is 1. The number of hydrogen-bond acceptors (Lipinski definition) is 3. The van der Waals surface area contributed by atoms with E-state index in [4.69, 9.17) is 4.74 Å². The molecule has 0 unspecified atom stereocenters. The molecule has 1 heterocycles. The predicted molar refractivity (Wildman–Crippen MR) is 92.1 cm³/mol. The second kappa shape index (κ2) is 9.19. The third kappa shape index (κ3) is 7.30. The van der Waals surface area contributed by atoms with Gasteiger partial charge >= 0.3 is 6.09 Å². The summed E-state index contributed by atoms with van der Waals surface area (Å²) in [5, 5.41) is 3.67. The Morgan fingerprint density at radius 2 is 1.95 bits per heavy atom. The van der Waals surface area contributed by atoms with Gasteiger partial charge in [0.05, 0.1) is 0 Å². The van der Waals surface area contributed by atoms with Crippen LogP contribution in [0.4, 0.5) is 4.79 Å². The zero-order chi connectivity index (χ0) is 16.6. The molecule has 0 saturated carbocycles. The first-order chi connectivity index (χ1) is 10.4. The van der Waals surface area contributed by atoms with Crippen molar-refractivity contribution in [3.63, 3.8) is 0 Å². The number of nitrogens with one attached hydrogen (secondary N) is 1. The quantitative estimate of drug-likeness (QED) is 0.719. The van der Waals surface area contributed by atoms with Crippen LogP contribution in [0.5, 0.6) is 0 Å². The van der Waals surface area contributed by atoms with E-state index >= 15 is 0 Å². The smallest absolute Gasteiger partial charge is 0.410 e. The van der Waals surface area contributed by atoms with Crippen LogP contribution < -0.4 is 5.32 Å². The summed E-state index contributed by atoms with van der Waals surface area (Å²) in [6, 6.07) is 0.625. The highest BCUT2D eigenvalue weighted by molar-refractivity contribution is 5.68. The number of hydrogen-bond donors (Lipinski definition) is 1. The van der Waals surface area contributed by atoms with Crippen LogP contribution in [-0.2, 0) is 4.74 Å². The first-order valence-electron chi connectivity index (χ1n) is 8.75. The van der Waals surface area contributed by atoms with Crippen molar-refractivity contribution in [3.05, 3.63) is 11.6 Å². The molecule has 1 N–H and O–H groups in total. The first-order valence-corrected chi connectivity index (χ1v) is 8.75. The Labute approximate surface area is 136 Å². The minimum Gasteiger partial charge on any atom is -0.444 e. The van der Waals surface area contributed by atoms with Crippen LogP contribution in [0.3, 0.4) is 0 Å². The third-order valence-electron chi connectivity index (χ3n) is 3.85. The van der Waals surface area contributed by atoms with Gasteiger partial charge in [-0.1, -0.05) is 38.3 Å². The van der Waals surface area contributed by atoms with Crippen molar-refractivity contribution in [2.75, 3.05) is 19.6 Å². The fourth-order valence-electron chi connectivity index (χ4n) is 2.68. The Morgan fingerprint density at radius 3 is 2.41 bits per heavy atom. The first kappa shape index (κ1) is 19.0. The number of carbonyl (C=O) groups is 1. The molecule has 22 heavy (non-hydrogen) atoms. The van der Waals surface area contributed by atoms with E-state index in [-0.39, 0.29) is 6.09 Å². The van der Waals surface area contributed by atoms with E-state index in [1.54, 1.807) is 4.90 Å². The highest BCUT2D eigenvalue weighted by atomic mass is 16.6. The lowest BCUT2D eigenvalue weighted by Gasteiger charge is -2.30. The van der Waals surface area contributed by atoms with Gasteiger partial charge in [0.25, 0.3) is 0 Å². The molecule has 0 aromatic heterocycles. The van der Waals surface area contributed by atoms with Crippen molar-refractivity contribution in [1.82, 2.24) is 10.2 Å². The molecule has 1 rings (SSSR count). The minimum atomic E-state index is -0.420. The zero-order valence-electron chi connectivity index (χ0n) is 15.1. The molecule has 1 aliphatic heterocycles. The maximum Gasteiger partial charge on any atom is 0.410 e. The molecule has 0 saturated heterocycles. The maximum atomic E-state index is 12.0. The number of rotatable bonds is 7. The molecule has 128 valence electrons. The molecule has 4 heteroatoms. The second-order valence-corrected chi connectivity index (χ2v) is 7.19. The zero-order valence-corrected chi connectivity index (χ0v) is 15.1. The van der Waals surface area contributed by atoms with Crippen molar-refractivity contribution in [3.8, 4) is 0 Å². The standard InChI is InChI=1S/C18H34N2O2/c1-6-8-16(9-7-2)19-14-15-10-12-20(13-11-15)17(21)22-18(3,4)5/h10,16,19H,6-9,11-14H2,1-5H3.